The highest BCUT2D eigenvalue weighted by Gasteiger charge is 2.34. The zero-order chi connectivity index (χ0) is 48.5. The number of rotatable bonds is 25. The molecule has 2 bridgehead atoms. The third-order valence-corrected chi connectivity index (χ3v) is 13.6. The molecule has 2 heterocycles. The number of allylic oxidation sites excluding steroid dienone is 12. The summed E-state index contributed by atoms with van der Waals surface area (Å²) in [5.74, 6) is 3.16. The molecule has 69 heavy (non-hydrogen) atoms. The Balaban J connectivity index is 1.26. The number of hydrogen-bond donors (Lipinski definition) is 0. The molecule has 3 aliphatic carbocycles. The Morgan fingerprint density at radius 2 is 1.57 bits per heavy atom. The van der Waals surface area contributed by atoms with E-state index in [1.165, 1.54) is 33.8 Å². The van der Waals surface area contributed by atoms with E-state index in [2.05, 4.69) is 160 Å². The summed E-state index contributed by atoms with van der Waals surface area (Å²) in [6.07, 6.45) is 40.2. The summed E-state index contributed by atoms with van der Waals surface area (Å²) < 4.78 is 28.2. The van der Waals surface area contributed by atoms with Crippen LogP contribution in [0.3, 0.4) is 0 Å². The van der Waals surface area contributed by atoms with Crippen LogP contribution in [0.2, 0.25) is 0 Å². The van der Waals surface area contributed by atoms with Gasteiger partial charge in [-0.15, -0.1) is 0 Å². The van der Waals surface area contributed by atoms with E-state index in [-0.39, 0.29) is 18.1 Å². The first kappa shape index (κ1) is 50.9. The molecule has 7 heteroatoms. The molecule has 366 valence electrons. The highest BCUT2D eigenvalue weighted by atomic mass is 16.5. The molecule has 0 fully saturated rings. The summed E-state index contributed by atoms with van der Waals surface area (Å²) in [4.78, 5) is 4.70. The molecule has 2 aromatic carbocycles. The normalized spacial score (nSPS) is 18.8. The fourth-order valence-corrected chi connectivity index (χ4v) is 9.93. The molecule has 3 atom stereocenters. The predicted molar refractivity (Wildman–Crippen MR) is 292 cm³/mol. The van der Waals surface area contributed by atoms with Gasteiger partial charge in [0.25, 0.3) is 0 Å². The number of fused-ring (bicyclic) bond motifs is 7. The van der Waals surface area contributed by atoms with Crippen molar-refractivity contribution in [1.82, 2.24) is 4.57 Å². The SMILES string of the molecule is C=C/C=C\C(=C)N(/C(C)=C/C=C(\C=C)n1c2c(c3c1C(OCCCC)CCC=C3)C=C(OCCCC)CCC2)c1ccc(N2c3ccc(OCCCC)cc3C3C=C(OCCCC)C=CC2C3)cc1. The molecule has 7 nitrogen and oxygen atoms in total. The Kier molecular flexibility index (Phi) is 18.9. The van der Waals surface area contributed by atoms with Crippen molar-refractivity contribution in [3.63, 3.8) is 0 Å². The van der Waals surface area contributed by atoms with Crippen LogP contribution in [0.25, 0.3) is 17.8 Å². The maximum atomic E-state index is 6.77. The summed E-state index contributed by atoms with van der Waals surface area (Å²) in [6, 6.07) is 15.7. The third kappa shape index (κ3) is 12.5. The molecule has 0 saturated heterocycles. The lowest BCUT2D eigenvalue weighted by Gasteiger charge is -2.40. The van der Waals surface area contributed by atoms with Gasteiger partial charge in [-0.1, -0.05) is 103 Å². The quantitative estimate of drug-likeness (QED) is 0.0623. The molecule has 4 aliphatic rings. The van der Waals surface area contributed by atoms with Gasteiger partial charge in [0.1, 0.15) is 11.5 Å². The van der Waals surface area contributed by atoms with Crippen molar-refractivity contribution in [3.8, 4) is 5.75 Å². The van der Waals surface area contributed by atoms with Crippen LogP contribution in [0.4, 0.5) is 17.1 Å². The van der Waals surface area contributed by atoms with Crippen LogP contribution in [0.5, 0.6) is 5.75 Å². The minimum absolute atomic E-state index is 0.0385. The topological polar surface area (TPSA) is 48.3 Å². The van der Waals surface area contributed by atoms with E-state index in [0.717, 1.165) is 162 Å². The second-order valence-corrected chi connectivity index (χ2v) is 18.7. The Labute approximate surface area is 415 Å². The first-order chi connectivity index (χ1) is 33.8. The summed E-state index contributed by atoms with van der Waals surface area (Å²) in [6.45, 7) is 26.9. The molecule has 3 aromatic rings. The monoisotopic (exact) mass is 930 g/mol. The van der Waals surface area contributed by atoms with Gasteiger partial charge < -0.3 is 33.3 Å². The number of aromatic nitrogens is 1. The smallest absolute Gasteiger partial charge is 0.119 e. The van der Waals surface area contributed by atoms with Gasteiger partial charge in [-0.2, -0.15) is 0 Å². The van der Waals surface area contributed by atoms with Crippen LogP contribution in [-0.2, 0) is 20.6 Å². The van der Waals surface area contributed by atoms with E-state index in [1.54, 1.807) is 6.08 Å². The van der Waals surface area contributed by atoms with Crippen LogP contribution in [0.1, 0.15) is 158 Å². The Morgan fingerprint density at radius 3 is 2.30 bits per heavy atom. The van der Waals surface area contributed by atoms with Crippen LogP contribution >= 0.6 is 0 Å². The lowest BCUT2D eigenvalue weighted by atomic mass is 9.85. The molecule has 0 saturated carbocycles. The number of unbranched alkanes of at least 4 members (excludes halogenated alkanes) is 4. The predicted octanol–water partition coefficient (Wildman–Crippen LogP) is 16.8. The van der Waals surface area contributed by atoms with Gasteiger partial charge in [0, 0.05) is 69.9 Å². The minimum Gasteiger partial charge on any atom is -0.498 e. The second kappa shape index (κ2) is 25.6. The van der Waals surface area contributed by atoms with Crippen molar-refractivity contribution >= 4 is 34.9 Å². The molecule has 3 unspecified atom stereocenters. The molecule has 0 amide bonds. The van der Waals surface area contributed by atoms with E-state index >= 15 is 0 Å². The van der Waals surface area contributed by atoms with Gasteiger partial charge in [-0.3, -0.25) is 0 Å². The zero-order valence-electron chi connectivity index (χ0n) is 42.5. The summed E-state index contributed by atoms with van der Waals surface area (Å²) in [5, 5.41) is 0. The maximum absolute atomic E-state index is 6.77. The average Bonchev–Trinajstić information content (AvgIpc) is 3.61. The van der Waals surface area contributed by atoms with Crippen molar-refractivity contribution < 1.29 is 18.9 Å². The maximum Gasteiger partial charge on any atom is 0.119 e. The van der Waals surface area contributed by atoms with Gasteiger partial charge in [-0.05, 0) is 155 Å². The van der Waals surface area contributed by atoms with Crippen molar-refractivity contribution in [1.29, 1.82) is 0 Å². The van der Waals surface area contributed by atoms with Crippen LogP contribution in [0, 0.1) is 0 Å². The highest BCUT2D eigenvalue weighted by Crippen LogP contribution is 2.47. The van der Waals surface area contributed by atoms with E-state index in [4.69, 9.17) is 18.9 Å². The second-order valence-electron chi connectivity index (χ2n) is 18.7. The minimum atomic E-state index is -0.0385. The molecule has 7 rings (SSSR count). The Morgan fingerprint density at radius 1 is 0.826 bits per heavy atom. The molecule has 0 N–H and O–H groups in total. The third-order valence-electron chi connectivity index (χ3n) is 13.6. The van der Waals surface area contributed by atoms with E-state index < -0.39 is 0 Å². The van der Waals surface area contributed by atoms with E-state index in [0.29, 0.717) is 0 Å². The molecular formula is C62H79N3O4. The van der Waals surface area contributed by atoms with Gasteiger partial charge in [0.05, 0.1) is 43.4 Å². The fourth-order valence-electron chi connectivity index (χ4n) is 9.93. The summed E-state index contributed by atoms with van der Waals surface area (Å²) in [7, 11) is 0. The van der Waals surface area contributed by atoms with Crippen LogP contribution in [-0.4, -0.2) is 37.0 Å². The number of benzene rings is 2. The number of hydrogen-bond acceptors (Lipinski definition) is 6. The molecule has 1 aromatic heterocycles. The fraction of sp³-hybridized carbons (Fsp3) is 0.419. The number of ether oxygens (including phenoxy) is 4. The molecule has 0 radical (unpaired) electrons. The lowest BCUT2D eigenvalue weighted by molar-refractivity contribution is 0.0419. The van der Waals surface area contributed by atoms with Gasteiger partial charge >= 0.3 is 0 Å². The van der Waals surface area contributed by atoms with E-state index in [1.807, 2.05) is 18.2 Å². The van der Waals surface area contributed by atoms with Gasteiger partial charge in [-0.25, -0.2) is 0 Å². The van der Waals surface area contributed by atoms with Crippen molar-refractivity contribution in [2.24, 2.45) is 0 Å². The first-order valence-electron chi connectivity index (χ1n) is 26.2. The number of nitrogens with zero attached hydrogens (tertiary/aromatic N) is 3. The Bertz CT molecular complexity index is 2460. The van der Waals surface area contributed by atoms with Crippen molar-refractivity contribution in [2.75, 3.05) is 36.2 Å². The molecule has 0 spiro atoms. The van der Waals surface area contributed by atoms with E-state index in [9.17, 15) is 0 Å². The summed E-state index contributed by atoms with van der Waals surface area (Å²) >= 11 is 0. The molecular weight excluding hydrogens is 851 g/mol. The standard InChI is InChI=1S/C62H79N3O4/c1-9-15-23-46(7)63(50-30-32-51(33-31-50)64-52-34-35-54(67-39-17-11-3)43-48(42-52)57-44-55(36-37-60(57)64)68-40-18-12-4)47(8)28-29-49(14-6)65-59-26-22-24-53(66-38-16-10-2)45-58(59)56-25-20-21-27-61(62(56)65)69-41-19-13-5/h9,14-15,20,23,25,28-37,43-45,48,52,61H,1,6-7,10-13,16-19,21-22,24,26-27,38-42H2,2-5,8H3/b23-15-,47-28+,49-29+. The first-order valence-corrected chi connectivity index (χ1v) is 26.2. The highest BCUT2D eigenvalue weighted by molar-refractivity contribution is 5.78. The van der Waals surface area contributed by atoms with Crippen LogP contribution < -0.4 is 14.5 Å². The summed E-state index contributed by atoms with van der Waals surface area (Å²) in [5.41, 5.74) is 12.5. The zero-order valence-corrected chi connectivity index (χ0v) is 42.5. The van der Waals surface area contributed by atoms with Crippen molar-refractivity contribution in [2.45, 2.75) is 143 Å². The molecule has 1 aliphatic heterocycles. The van der Waals surface area contributed by atoms with Gasteiger partial charge in [0.15, 0.2) is 0 Å². The average molecular weight is 930 g/mol. The van der Waals surface area contributed by atoms with Crippen LogP contribution in [0.15, 0.2) is 146 Å². The Hall–Kier alpha value is -5.92. The van der Waals surface area contributed by atoms with Crippen molar-refractivity contribution in [3.05, 3.63) is 174 Å². The number of anilines is 3. The lowest BCUT2D eigenvalue weighted by Crippen LogP contribution is -2.35. The van der Waals surface area contributed by atoms with Gasteiger partial charge in [0.2, 0.25) is 0 Å². The largest absolute Gasteiger partial charge is 0.498 e.